The Morgan fingerprint density at radius 2 is 2.21 bits per heavy atom. The number of nitrogens with one attached hydrogen (secondary N) is 1. The highest BCUT2D eigenvalue weighted by Gasteiger charge is 2.31. The van der Waals surface area contributed by atoms with E-state index in [2.05, 4.69) is 16.9 Å². The average Bonchev–Trinajstić information content (AvgIpc) is 2.67. The highest BCUT2D eigenvalue weighted by atomic mass is 16.5. The van der Waals surface area contributed by atoms with E-state index in [4.69, 9.17) is 9.47 Å². The second kappa shape index (κ2) is 3.61. The Bertz CT molecular complexity index is 303. The van der Waals surface area contributed by atoms with E-state index in [1.807, 2.05) is 6.20 Å². The maximum Gasteiger partial charge on any atom is 0.293 e. The van der Waals surface area contributed by atoms with E-state index in [1.165, 1.54) is 0 Å². The second-order valence-corrected chi connectivity index (χ2v) is 3.97. The predicted octanol–water partition coefficient (Wildman–Crippen LogP) is 1.49. The molecule has 1 fully saturated rings. The van der Waals surface area contributed by atoms with E-state index < -0.39 is 0 Å². The quantitative estimate of drug-likeness (QED) is 0.779. The van der Waals surface area contributed by atoms with Crippen LogP contribution in [0.3, 0.4) is 0 Å². The minimum absolute atomic E-state index is 0.144. The Hall–Kier alpha value is -1.03. The van der Waals surface area contributed by atoms with E-state index in [-0.39, 0.29) is 5.41 Å². The minimum atomic E-state index is 0.144. The Morgan fingerprint density at radius 3 is 2.79 bits per heavy atom. The Kier molecular flexibility index (Phi) is 2.46. The van der Waals surface area contributed by atoms with Crippen LogP contribution in [0.15, 0.2) is 6.20 Å². The van der Waals surface area contributed by atoms with Crippen molar-refractivity contribution in [3.05, 3.63) is 11.9 Å². The molecule has 1 saturated heterocycles. The molecule has 0 aliphatic carbocycles. The number of rotatable bonds is 2. The molecule has 14 heavy (non-hydrogen) atoms. The molecule has 1 aliphatic rings. The van der Waals surface area contributed by atoms with Crippen molar-refractivity contribution in [1.82, 2.24) is 9.97 Å². The van der Waals surface area contributed by atoms with Crippen molar-refractivity contribution in [3.63, 3.8) is 0 Å². The summed E-state index contributed by atoms with van der Waals surface area (Å²) in [5.74, 6) is 0. The van der Waals surface area contributed by atoms with E-state index in [0.717, 1.165) is 31.7 Å². The second-order valence-electron chi connectivity index (χ2n) is 3.97. The van der Waals surface area contributed by atoms with Crippen molar-refractivity contribution in [2.24, 2.45) is 0 Å². The van der Waals surface area contributed by atoms with Crippen LogP contribution in [0, 0.1) is 0 Å². The lowest BCUT2D eigenvalue weighted by Crippen LogP contribution is -2.30. The molecule has 0 aromatic carbocycles. The summed E-state index contributed by atoms with van der Waals surface area (Å²) in [5.41, 5.74) is 1.23. The van der Waals surface area contributed by atoms with Crippen LogP contribution in [0.4, 0.5) is 0 Å². The van der Waals surface area contributed by atoms with Crippen LogP contribution < -0.4 is 4.74 Å². The molecular formula is C10H16N2O2. The smallest absolute Gasteiger partial charge is 0.293 e. The molecule has 4 nitrogen and oxygen atoms in total. The molecule has 0 spiro atoms. The number of hydrogen-bond donors (Lipinski definition) is 1. The summed E-state index contributed by atoms with van der Waals surface area (Å²) < 4.78 is 10.4. The molecule has 0 bridgehead atoms. The van der Waals surface area contributed by atoms with Gasteiger partial charge < -0.3 is 14.5 Å². The molecule has 1 aromatic heterocycles. The van der Waals surface area contributed by atoms with Gasteiger partial charge in [0.1, 0.15) is 0 Å². The van der Waals surface area contributed by atoms with Crippen molar-refractivity contribution >= 4 is 0 Å². The van der Waals surface area contributed by atoms with Crippen molar-refractivity contribution in [3.8, 4) is 6.01 Å². The van der Waals surface area contributed by atoms with Crippen LogP contribution in [0.1, 0.15) is 25.5 Å². The number of methoxy groups -OCH3 is 1. The standard InChI is InChI=1S/C10H16N2O2/c1-10(3-5-14-6-4-10)8-7-11-9(12-8)13-2/h7H,3-6H2,1-2H3,(H,11,12). The van der Waals surface area contributed by atoms with Crippen molar-refractivity contribution in [2.75, 3.05) is 20.3 Å². The third-order valence-corrected chi connectivity index (χ3v) is 2.96. The van der Waals surface area contributed by atoms with Gasteiger partial charge in [-0.1, -0.05) is 6.92 Å². The van der Waals surface area contributed by atoms with Gasteiger partial charge in [0.2, 0.25) is 0 Å². The summed E-state index contributed by atoms with van der Waals surface area (Å²) in [6.07, 6.45) is 3.99. The first-order valence-corrected chi connectivity index (χ1v) is 4.92. The molecule has 0 saturated carbocycles. The molecule has 0 atom stereocenters. The number of hydrogen-bond acceptors (Lipinski definition) is 3. The van der Waals surface area contributed by atoms with Crippen LogP contribution >= 0.6 is 0 Å². The van der Waals surface area contributed by atoms with Gasteiger partial charge in [0.05, 0.1) is 12.8 Å². The van der Waals surface area contributed by atoms with Crippen molar-refractivity contribution in [2.45, 2.75) is 25.2 Å². The largest absolute Gasteiger partial charge is 0.468 e. The fourth-order valence-electron chi connectivity index (χ4n) is 1.80. The zero-order valence-electron chi connectivity index (χ0n) is 8.67. The van der Waals surface area contributed by atoms with Crippen molar-refractivity contribution in [1.29, 1.82) is 0 Å². The Balaban J connectivity index is 2.19. The number of aromatic nitrogens is 2. The lowest BCUT2D eigenvalue weighted by atomic mass is 9.80. The van der Waals surface area contributed by atoms with E-state index in [9.17, 15) is 0 Å². The average molecular weight is 196 g/mol. The van der Waals surface area contributed by atoms with Gasteiger partial charge in [0.15, 0.2) is 0 Å². The third-order valence-electron chi connectivity index (χ3n) is 2.96. The summed E-state index contributed by atoms with van der Waals surface area (Å²) in [6, 6.07) is 0.590. The monoisotopic (exact) mass is 196 g/mol. The number of nitrogens with zero attached hydrogens (tertiary/aromatic N) is 1. The van der Waals surface area contributed by atoms with Gasteiger partial charge in [0, 0.05) is 24.8 Å². The van der Waals surface area contributed by atoms with Crippen LogP contribution in [-0.2, 0) is 10.2 Å². The summed E-state index contributed by atoms with van der Waals surface area (Å²) in [5, 5.41) is 0. The Labute approximate surface area is 83.6 Å². The van der Waals surface area contributed by atoms with Crippen molar-refractivity contribution < 1.29 is 9.47 Å². The predicted molar refractivity (Wildman–Crippen MR) is 52.5 cm³/mol. The molecule has 78 valence electrons. The molecule has 1 N–H and O–H groups in total. The zero-order chi connectivity index (χ0) is 10.0. The normalized spacial score (nSPS) is 20.7. The molecule has 2 rings (SSSR count). The van der Waals surface area contributed by atoms with Gasteiger partial charge in [-0.05, 0) is 12.8 Å². The summed E-state index contributed by atoms with van der Waals surface area (Å²) >= 11 is 0. The molecule has 0 unspecified atom stereocenters. The van der Waals surface area contributed by atoms with E-state index in [0.29, 0.717) is 6.01 Å². The topological polar surface area (TPSA) is 47.1 Å². The first kappa shape index (κ1) is 9.52. The number of H-pyrrole nitrogens is 1. The molecular weight excluding hydrogens is 180 g/mol. The number of ether oxygens (including phenoxy) is 2. The van der Waals surface area contributed by atoms with Crippen LogP contribution in [0.25, 0.3) is 0 Å². The van der Waals surface area contributed by atoms with Crippen LogP contribution in [0.5, 0.6) is 6.01 Å². The van der Waals surface area contributed by atoms with Gasteiger partial charge in [0.25, 0.3) is 6.01 Å². The molecule has 4 heteroatoms. The highest BCUT2D eigenvalue weighted by molar-refractivity contribution is 5.17. The molecule has 1 aliphatic heterocycles. The minimum Gasteiger partial charge on any atom is -0.468 e. The zero-order valence-corrected chi connectivity index (χ0v) is 8.67. The fourth-order valence-corrected chi connectivity index (χ4v) is 1.80. The molecule has 0 amide bonds. The fraction of sp³-hybridized carbons (Fsp3) is 0.700. The van der Waals surface area contributed by atoms with Gasteiger partial charge in [-0.15, -0.1) is 0 Å². The maximum absolute atomic E-state index is 5.35. The van der Waals surface area contributed by atoms with E-state index in [1.54, 1.807) is 7.11 Å². The third kappa shape index (κ3) is 1.62. The van der Waals surface area contributed by atoms with Gasteiger partial charge in [-0.25, -0.2) is 0 Å². The number of imidazole rings is 1. The van der Waals surface area contributed by atoms with Crippen LogP contribution in [-0.4, -0.2) is 30.3 Å². The molecule has 0 radical (unpaired) electrons. The van der Waals surface area contributed by atoms with Gasteiger partial charge >= 0.3 is 0 Å². The summed E-state index contributed by atoms with van der Waals surface area (Å²) in [7, 11) is 1.62. The van der Waals surface area contributed by atoms with Gasteiger partial charge in [-0.2, -0.15) is 4.98 Å². The first-order valence-electron chi connectivity index (χ1n) is 4.92. The first-order chi connectivity index (χ1) is 6.74. The maximum atomic E-state index is 5.35. The molecule has 2 heterocycles. The highest BCUT2D eigenvalue weighted by Crippen LogP contribution is 2.33. The Morgan fingerprint density at radius 1 is 1.50 bits per heavy atom. The lowest BCUT2D eigenvalue weighted by molar-refractivity contribution is 0.0551. The van der Waals surface area contributed by atoms with E-state index >= 15 is 0 Å². The van der Waals surface area contributed by atoms with Crippen LogP contribution in [0.2, 0.25) is 0 Å². The summed E-state index contributed by atoms with van der Waals surface area (Å²) in [4.78, 5) is 7.39. The SMILES string of the molecule is COc1nc(C2(C)CCOCC2)c[nH]1. The lowest BCUT2D eigenvalue weighted by Gasteiger charge is -2.31. The molecule has 1 aromatic rings. The number of aromatic amines is 1. The van der Waals surface area contributed by atoms with Gasteiger partial charge in [-0.3, -0.25) is 0 Å². The summed E-state index contributed by atoms with van der Waals surface area (Å²) in [6.45, 7) is 3.88.